The van der Waals surface area contributed by atoms with Crippen molar-refractivity contribution in [2.75, 3.05) is 18.2 Å². The fourth-order valence-electron chi connectivity index (χ4n) is 2.93. The van der Waals surface area contributed by atoms with Gasteiger partial charge in [0, 0.05) is 24.8 Å². The van der Waals surface area contributed by atoms with Crippen LogP contribution in [-0.2, 0) is 17.9 Å². The predicted octanol–water partition coefficient (Wildman–Crippen LogP) is 2.68. The molecule has 8 nitrogen and oxygen atoms in total. The molecule has 1 aromatic carbocycles. The molecule has 1 N–H and O–H groups in total. The van der Waals surface area contributed by atoms with E-state index in [2.05, 4.69) is 15.4 Å². The number of amides is 1. The number of fused-ring (bicyclic) bond motifs is 1. The van der Waals surface area contributed by atoms with Gasteiger partial charge in [0.25, 0.3) is 5.56 Å². The number of benzene rings is 1. The van der Waals surface area contributed by atoms with Crippen molar-refractivity contribution in [2.45, 2.75) is 39.0 Å². The molecule has 3 aromatic rings. The van der Waals surface area contributed by atoms with Gasteiger partial charge in [0.2, 0.25) is 5.91 Å². The summed E-state index contributed by atoms with van der Waals surface area (Å²) < 4.78 is 8.42. The van der Waals surface area contributed by atoms with Crippen molar-refractivity contribution in [3.63, 3.8) is 0 Å². The lowest BCUT2D eigenvalue weighted by atomic mass is 10.3. The summed E-state index contributed by atoms with van der Waals surface area (Å²) in [6.07, 6.45) is 0. The highest BCUT2D eigenvalue weighted by Crippen LogP contribution is 2.21. The smallest absolute Gasteiger partial charge is 0.280 e. The SMILES string of the molecule is CCn1c(SCC(=O)Nc2cccc(OC)c2)nc2c(C)nn(CC)c2c1=O. The molecule has 0 saturated carbocycles. The number of nitrogens with one attached hydrogen (secondary N) is 1. The third-order valence-corrected chi connectivity index (χ3v) is 5.26. The molecule has 1 amide bonds. The molecule has 0 bridgehead atoms. The lowest BCUT2D eigenvalue weighted by Gasteiger charge is -2.11. The molecule has 0 fully saturated rings. The molecule has 28 heavy (non-hydrogen) atoms. The highest BCUT2D eigenvalue weighted by Gasteiger charge is 2.18. The number of rotatable bonds is 7. The van der Waals surface area contributed by atoms with E-state index >= 15 is 0 Å². The summed E-state index contributed by atoms with van der Waals surface area (Å²) in [4.78, 5) is 29.9. The molecule has 2 heterocycles. The van der Waals surface area contributed by atoms with E-state index in [4.69, 9.17) is 4.74 Å². The second-order valence-electron chi connectivity index (χ2n) is 6.11. The fourth-order valence-corrected chi connectivity index (χ4v) is 3.79. The Morgan fingerprint density at radius 3 is 2.75 bits per heavy atom. The molecule has 2 aromatic heterocycles. The van der Waals surface area contributed by atoms with Crippen molar-refractivity contribution in [3.05, 3.63) is 40.3 Å². The number of hydrogen-bond donors (Lipinski definition) is 1. The normalized spacial score (nSPS) is 11.0. The molecule has 0 aliphatic carbocycles. The average molecular weight is 401 g/mol. The van der Waals surface area contributed by atoms with Gasteiger partial charge in [-0.05, 0) is 32.9 Å². The monoisotopic (exact) mass is 401 g/mol. The van der Waals surface area contributed by atoms with Crippen molar-refractivity contribution in [3.8, 4) is 5.75 Å². The van der Waals surface area contributed by atoms with E-state index in [1.54, 1.807) is 34.6 Å². The first-order valence-electron chi connectivity index (χ1n) is 9.03. The van der Waals surface area contributed by atoms with E-state index < -0.39 is 0 Å². The number of aromatic nitrogens is 4. The highest BCUT2D eigenvalue weighted by molar-refractivity contribution is 7.99. The van der Waals surface area contributed by atoms with Gasteiger partial charge in [-0.3, -0.25) is 18.8 Å². The fraction of sp³-hybridized carbons (Fsp3) is 0.368. The Morgan fingerprint density at radius 1 is 1.29 bits per heavy atom. The molecule has 0 spiro atoms. The first kappa shape index (κ1) is 19.9. The second kappa shape index (κ2) is 8.47. The van der Waals surface area contributed by atoms with Crippen LogP contribution >= 0.6 is 11.8 Å². The van der Waals surface area contributed by atoms with Crippen LogP contribution in [0.2, 0.25) is 0 Å². The zero-order chi connectivity index (χ0) is 20.3. The third-order valence-electron chi connectivity index (χ3n) is 4.28. The number of ether oxygens (including phenoxy) is 1. The van der Waals surface area contributed by atoms with Crippen molar-refractivity contribution < 1.29 is 9.53 Å². The van der Waals surface area contributed by atoms with Crippen molar-refractivity contribution in [1.29, 1.82) is 0 Å². The Balaban J connectivity index is 1.82. The number of hydrogen-bond acceptors (Lipinski definition) is 6. The molecule has 0 unspecified atom stereocenters. The van der Waals surface area contributed by atoms with E-state index in [1.165, 1.54) is 11.8 Å². The van der Waals surface area contributed by atoms with Gasteiger partial charge < -0.3 is 10.1 Å². The summed E-state index contributed by atoms with van der Waals surface area (Å²) in [5, 5.41) is 7.74. The average Bonchev–Trinajstić information content (AvgIpc) is 3.02. The number of thioether (sulfide) groups is 1. The van der Waals surface area contributed by atoms with Crippen molar-refractivity contribution in [2.24, 2.45) is 0 Å². The van der Waals surface area contributed by atoms with Gasteiger partial charge in [0.05, 0.1) is 18.6 Å². The molecule has 0 aliphatic rings. The molecular formula is C19H23N5O3S. The van der Waals surface area contributed by atoms with Crippen LogP contribution in [0.4, 0.5) is 5.69 Å². The summed E-state index contributed by atoms with van der Waals surface area (Å²) in [6.45, 7) is 6.72. The lowest BCUT2D eigenvalue weighted by molar-refractivity contribution is -0.113. The Morgan fingerprint density at radius 2 is 2.07 bits per heavy atom. The minimum atomic E-state index is -0.184. The molecular weight excluding hydrogens is 378 g/mol. The van der Waals surface area contributed by atoms with Crippen molar-refractivity contribution in [1.82, 2.24) is 19.3 Å². The van der Waals surface area contributed by atoms with Crippen LogP contribution in [0.25, 0.3) is 11.0 Å². The van der Waals surface area contributed by atoms with E-state index in [9.17, 15) is 9.59 Å². The first-order chi connectivity index (χ1) is 13.5. The Labute approximate surface area is 166 Å². The maximum absolute atomic E-state index is 12.9. The van der Waals surface area contributed by atoms with Crippen LogP contribution in [0.1, 0.15) is 19.5 Å². The molecule has 9 heteroatoms. The summed E-state index contributed by atoms with van der Waals surface area (Å²) in [5.41, 5.74) is 2.33. The second-order valence-corrected chi connectivity index (χ2v) is 7.05. The maximum atomic E-state index is 12.9. The van der Waals surface area contributed by atoms with E-state index in [0.717, 1.165) is 0 Å². The van der Waals surface area contributed by atoms with E-state index in [0.29, 0.717) is 46.4 Å². The van der Waals surface area contributed by atoms with Crippen molar-refractivity contribution >= 4 is 34.4 Å². The van der Waals surface area contributed by atoms with E-state index in [1.807, 2.05) is 26.8 Å². The Kier molecular flexibility index (Phi) is 6.03. The van der Waals surface area contributed by atoms with Crippen LogP contribution in [0.15, 0.2) is 34.2 Å². The van der Waals surface area contributed by atoms with Crippen LogP contribution in [0.3, 0.4) is 0 Å². The van der Waals surface area contributed by atoms with Gasteiger partial charge in [-0.15, -0.1) is 0 Å². The zero-order valence-corrected chi connectivity index (χ0v) is 17.2. The molecule has 3 rings (SSSR count). The Hall–Kier alpha value is -2.81. The Bertz CT molecular complexity index is 1070. The molecule has 0 aliphatic heterocycles. The van der Waals surface area contributed by atoms with Gasteiger partial charge in [0.15, 0.2) is 10.7 Å². The minimum absolute atomic E-state index is 0.134. The summed E-state index contributed by atoms with van der Waals surface area (Å²) in [5.74, 6) is 0.618. The summed E-state index contributed by atoms with van der Waals surface area (Å²) >= 11 is 1.24. The van der Waals surface area contributed by atoms with Gasteiger partial charge in [-0.25, -0.2) is 4.98 Å². The van der Waals surface area contributed by atoms with Gasteiger partial charge in [-0.1, -0.05) is 17.8 Å². The number of anilines is 1. The number of carbonyl (C=O) groups excluding carboxylic acids is 1. The molecule has 0 atom stereocenters. The number of nitrogens with zero attached hydrogens (tertiary/aromatic N) is 4. The molecule has 0 saturated heterocycles. The van der Waals surface area contributed by atoms with Crippen LogP contribution < -0.4 is 15.6 Å². The predicted molar refractivity (Wildman–Crippen MR) is 110 cm³/mol. The molecule has 148 valence electrons. The standard InChI is InChI=1S/C19H23N5O3S/c1-5-23-18(26)17-16(12(3)22-24(17)6-2)21-19(23)28-11-15(25)20-13-8-7-9-14(10-13)27-4/h7-10H,5-6,11H2,1-4H3,(H,20,25). The van der Waals surface area contributed by atoms with Gasteiger partial charge in [-0.2, -0.15) is 5.10 Å². The summed E-state index contributed by atoms with van der Waals surface area (Å²) in [7, 11) is 1.57. The minimum Gasteiger partial charge on any atom is -0.497 e. The van der Waals surface area contributed by atoms with Crippen LogP contribution in [0, 0.1) is 6.92 Å². The third kappa shape index (κ3) is 3.89. The first-order valence-corrected chi connectivity index (χ1v) is 10.0. The number of carbonyl (C=O) groups is 1. The highest BCUT2D eigenvalue weighted by atomic mass is 32.2. The van der Waals surface area contributed by atoms with Gasteiger partial charge in [0.1, 0.15) is 11.3 Å². The largest absolute Gasteiger partial charge is 0.497 e. The van der Waals surface area contributed by atoms with Crippen LogP contribution in [0.5, 0.6) is 5.75 Å². The zero-order valence-electron chi connectivity index (χ0n) is 16.4. The van der Waals surface area contributed by atoms with Crippen LogP contribution in [-0.4, -0.2) is 38.1 Å². The van der Waals surface area contributed by atoms with Gasteiger partial charge >= 0.3 is 0 Å². The number of methoxy groups -OCH3 is 1. The topological polar surface area (TPSA) is 91.0 Å². The molecule has 0 radical (unpaired) electrons. The quantitative estimate of drug-likeness (QED) is 0.483. The number of aryl methyl sites for hydroxylation is 2. The summed E-state index contributed by atoms with van der Waals surface area (Å²) in [6, 6.07) is 7.15. The van der Waals surface area contributed by atoms with E-state index in [-0.39, 0.29) is 17.2 Å². The lowest BCUT2D eigenvalue weighted by Crippen LogP contribution is -2.25. The maximum Gasteiger partial charge on any atom is 0.280 e.